The van der Waals surface area contributed by atoms with E-state index in [4.69, 9.17) is 9.47 Å². The van der Waals surface area contributed by atoms with Crippen molar-refractivity contribution in [1.29, 1.82) is 0 Å². The average molecular weight is 365 g/mol. The lowest BCUT2D eigenvalue weighted by molar-refractivity contribution is 0.104. The van der Waals surface area contributed by atoms with Crippen molar-refractivity contribution in [2.75, 3.05) is 20.3 Å². The van der Waals surface area contributed by atoms with Crippen LogP contribution in [0.5, 0.6) is 5.75 Å². The first-order valence-electron chi connectivity index (χ1n) is 8.21. The Hall–Kier alpha value is -2.76. The number of hydrogen-bond acceptors (Lipinski definition) is 5. The van der Waals surface area contributed by atoms with Crippen LogP contribution < -0.4 is 4.74 Å². The normalized spacial score (nSPS) is 11.0. The summed E-state index contributed by atoms with van der Waals surface area (Å²) in [4.78, 5) is 16.8. The molecule has 0 spiro atoms. The van der Waals surface area contributed by atoms with Crippen molar-refractivity contribution in [3.05, 3.63) is 77.3 Å². The number of aromatic nitrogens is 1. The van der Waals surface area contributed by atoms with Crippen LogP contribution in [0.15, 0.2) is 66.1 Å². The largest absolute Gasteiger partial charge is 0.491 e. The van der Waals surface area contributed by atoms with Crippen molar-refractivity contribution in [3.8, 4) is 16.3 Å². The second-order valence-corrected chi connectivity index (χ2v) is 6.36. The van der Waals surface area contributed by atoms with Crippen molar-refractivity contribution >= 4 is 23.2 Å². The molecule has 0 bridgehead atoms. The smallest absolute Gasteiger partial charge is 0.185 e. The van der Waals surface area contributed by atoms with Crippen molar-refractivity contribution in [2.24, 2.45) is 0 Å². The molecule has 2 aromatic carbocycles. The summed E-state index contributed by atoms with van der Waals surface area (Å²) in [5.41, 5.74) is 2.47. The van der Waals surface area contributed by atoms with E-state index >= 15 is 0 Å². The Morgan fingerprint density at radius 1 is 1.08 bits per heavy atom. The number of rotatable bonds is 8. The number of methoxy groups -OCH3 is 1. The van der Waals surface area contributed by atoms with Crippen LogP contribution in [0.3, 0.4) is 0 Å². The highest BCUT2D eigenvalue weighted by molar-refractivity contribution is 7.13. The van der Waals surface area contributed by atoms with Gasteiger partial charge in [0.1, 0.15) is 17.4 Å². The molecule has 0 atom stereocenters. The third kappa shape index (κ3) is 4.88. The van der Waals surface area contributed by atoms with Crippen LogP contribution in [0.4, 0.5) is 0 Å². The number of carbonyl (C=O) groups excluding carboxylic acids is 1. The van der Waals surface area contributed by atoms with Crippen LogP contribution in [0.2, 0.25) is 0 Å². The fraction of sp³-hybridized carbons (Fsp3) is 0.143. The van der Waals surface area contributed by atoms with Crippen LogP contribution in [-0.4, -0.2) is 31.1 Å². The Morgan fingerprint density at radius 3 is 2.58 bits per heavy atom. The molecule has 1 aromatic heterocycles. The van der Waals surface area contributed by atoms with E-state index in [-0.39, 0.29) is 5.78 Å². The van der Waals surface area contributed by atoms with Crippen LogP contribution in [0, 0.1) is 0 Å². The SMILES string of the molecule is COCCOc1ccc(C(=O)/C=C/c2csc(-c3ccccc3)n2)cc1. The minimum Gasteiger partial charge on any atom is -0.491 e. The molecule has 4 nitrogen and oxygen atoms in total. The number of nitrogens with zero attached hydrogens (tertiary/aromatic N) is 1. The van der Waals surface area contributed by atoms with Gasteiger partial charge in [0, 0.05) is 23.6 Å². The van der Waals surface area contributed by atoms with Crippen LogP contribution in [0.1, 0.15) is 16.1 Å². The number of ketones is 1. The molecular formula is C21H19NO3S. The van der Waals surface area contributed by atoms with Gasteiger partial charge in [-0.3, -0.25) is 4.79 Å². The van der Waals surface area contributed by atoms with E-state index in [1.165, 1.54) is 0 Å². The molecule has 0 saturated heterocycles. The van der Waals surface area contributed by atoms with E-state index < -0.39 is 0 Å². The molecule has 132 valence electrons. The topological polar surface area (TPSA) is 48.4 Å². The summed E-state index contributed by atoms with van der Waals surface area (Å²) < 4.78 is 10.4. The molecular weight excluding hydrogens is 346 g/mol. The molecule has 5 heteroatoms. The van der Waals surface area contributed by atoms with Crippen LogP contribution >= 0.6 is 11.3 Å². The second-order valence-electron chi connectivity index (χ2n) is 5.51. The van der Waals surface area contributed by atoms with Crippen LogP contribution in [0.25, 0.3) is 16.6 Å². The lowest BCUT2D eigenvalue weighted by Gasteiger charge is -2.05. The quantitative estimate of drug-likeness (QED) is 0.329. The van der Waals surface area contributed by atoms with Gasteiger partial charge in [-0.2, -0.15) is 0 Å². The molecule has 0 fully saturated rings. The van der Waals surface area contributed by atoms with E-state index in [9.17, 15) is 4.79 Å². The molecule has 0 N–H and O–H groups in total. The lowest BCUT2D eigenvalue weighted by Crippen LogP contribution is -2.04. The molecule has 0 saturated carbocycles. The molecule has 0 amide bonds. The monoisotopic (exact) mass is 365 g/mol. The van der Waals surface area contributed by atoms with Gasteiger partial charge >= 0.3 is 0 Å². The highest BCUT2D eigenvalue weighted by Gasteiger charge is 2.05. The summed E-state index contributed by atoms with van der Waals surface area (Å²) >= 11 is 1.56. The van der Waals surface area contributed by atoms with Gasteiger partial charge in [0.25, 0.3) is 0 Å². The van der Waals surface area contributed by atoms with Crippen molar-refractivity contribution in [2.45, 2.75) is 0 Å². The van der Waals surface area contributed by atoms with E-state index in [0.717, 1.165) is 22.0 Å². The van der Waals surface area contributed by atoms with Crippen molar-refractivity contribution in [3.63, 3.8) is 0 Å². The minimum atomic E-state index is -0.0669. The summed E-state index contributed by atoms with van der Waals surface area (Å²) in [6.07, 6.45) is 3.29. The fourth-order valence-corrected chi connectivity index (χ4v) is 3.09. The van der Waals surface area contributed by atoms with E-state index in [2.05, 4.69) is 4.98 Å². The summed E-state index contributed by atoms with van der Waals surface area (Å²) in [5.74, 6) is 0.650. The summed E-state index contributed by atoms with van der Waals surface area (Å²) in [5, 5.41) is 2.88. The molecule has 3 rings (SSSR count). The number of hydrogen-bond donors (Lipinski definition) is 0. The van der Waals surface area contributed by atoms with Gasteiger partial charge in [-0.25, -0.2) is 4.98 Å². The zero-order chi connectivity index (χ0) is 18.2. The fourth-order valence-electron chi connectivity index (χ4n) is 2.29. The number of benzene rings is 2. The predicted molar refractivity (Wildman–Crippen MR) is 105 cm³/mol. The standard InChI is InChI=1S/C21H19NO3S/c1-24-13-14-25-19-10-7-16(8-11-19)20(23)12-9-18-15-26-21(22-18)17-5-3-2-4-6-17/h2-12,15H,13-14H2,1H3/b12-9+. The third-order valence-corrected chi connectivity index (χ3v) is 4.55. The zero-order valence-corrected chi connectivity index (χ0v) is 15.2. The van der Waals surface area contributed by atoms with Gasteiger partial charge in [-0.1, -0.05) is 30.3 Å². The number of allylic oxidation sites excluding steroid dienone is 1. The summed E-state index contributed by atoms with van der Waals surface area (Å²) in [7, 11) is 1.63. The highest BCUT2D eigenvalue weighted by atomic mass is 32.1. The van der Waals surface area contributed by atoms with Gasteiger partial charge in [-0.05, 0) is 36.4 Å². The van der Waals surface area contributed by atoms with E-state index in [0.29, 0.717) is 18.8 Å². The Bertz CT molecular complexity index is 870. The Balaban J connectivity index is 1.62. The first-order chi connectivity index (χ1) is 12.8. The van der Waals surface area contributed by atoms with Gasteiger partial charge in [0.2, 0.25) is 0 Å². The molecule has 0 radical (unpaired) electrons. The molecule has 26 heavy (non-hydrogen) atoms. The van der Waals surface area contributed by atoms with Crippen LogP contribution in [-0.2, 0) is 4.74 Å². The van der Waals surface area contributed by atoms with E-state index in [1.54, 1.807) is 54.9 Å². The summed E-state index contributed by atoms with van der Waals surface area (Å²) in [6.45, 7) is 1.01. The Kier molecular flexibility index (Phi) is 6.30. The molecule has 0 aliphatic carbocycles. The second kappa shape index (κ2) is 9.08. The highest BCUT2D eigenvalue weighted by Crippen LogP contribution is 2.23. The predicted octanol–water partition coefficient (Wildman–Crippen LogP) is 4.73. The first-order valence-corrected chi connectivity index (χ1v) is 9.09. The lowest BCUT2D eigenvalue weighted by atomic mass is 10.1. The third-order valence-electron chi connectivity index (χ3n) is 3.64. The van der Waals surface area contributed by atoms with Crippen molar-refractivity contribution in [1.82, 2.24) is 4.98 Å². The molecule has 0 unspecified atom stereocenters. The number of ether oxygens (including phenoxy) is 2. The van der Waals surface area contributed by atoms with E-state index in [1.807, 2.05) is 35.7 Å². The first kappa shape index (κ1) is 18.0. The molecule has 0 aliphatic rings. The molecule has 3 aromatic rings. The van der Waals surface area contributed by atoms with Gasteiger partial charge in [0.15, 0.2) is 5.78 Å². The average Bonchev–Trinajstić information content (AvgIpc) is 3.17. The van der Waals surface area contributed by atoms with Gasteiger partial charge < -0.3 is 9.47 Å². The van der Waals surface area contributed by atoms with Crippen molar-refractivity contribution < 1.29 is 14.3 Å². The maximum atomic E-state index is 12.3. The minimum absolute atomic E-state index is 0.0669. The maximum absolute atomic E-state index is 12.3. The maximum Gasteiger partial charge on any atom is 0.185 e. The number of carbonyl (C=O) groups is 1. The number of thiazole rings is 1. The van der Waals surface area contributed by atoms with Gasteiger partial charge in [0.05, 0.1) is 12.3 Å². The molecule has 0 aliphatic heterocycles. The Morgan fingerprint density at radius 2 is 1.85 bits per heavy atom. The van der Waals surface area contributed by atoms with Gasteiger partial charge in [-0.15, -0.1) is 11.3 Å². The zero-order valence-electron chi connectivity index (χ0n) is 14.4. The Labute approximate surface area is 156 Å². The summed E-state index contributed by atoms with van der Waals surface area (Å²) in [6, 6.07) is 17.1. The molecule has 1 heterocycles.